The van der Waals surface area contributed by atoms with E-state index in [-0.39, 0.29) is 17.7 Å². The number of ether oxygens (including phenoxy) is 2. The molecular formula is C65H141N11O2. The predicted octanol–water partition coefficient (Wildman–Crippen LogP) is 9.33. The highest BCUT2D eigenvalue weighted by Crippen LogP contribution is 2.17. The first-order valence-corrected chi connectivity index (χ1v) is 30.9. The van der Waals surface area contributed by atoms with Gasteiger partial charge in [0.2, 0.25) is 0 Å². The molecule has 0 N–H and O–H groups in total. The van der Waals surface area contributed by atoms with E-state index in [1.807, 2.05) is 42.0 Å². The largest absolute Gasteiger partial charge is 0.382 e. The molecule has 3 atom stereocenters. The molecule has 0 aromatic carbocycles. The lowest BCUT2D eigenvalue weighted by Gasteiger charge is -2.34. The van der Waals surface area contributed by atoms with Crippen molar-refractivity contribution in [3.05, 3.63) is 0 Å². The maximum Gasteiger partial charge on any atom is 0.0938 e. The van der Waals surface area contributed by atoms with Crippen LogP contribution in [0.25, 0.3) is 0 Å². The number of hydrogen-bond acceptors (Lipinski definition) is 13. The lowest BCUT2D eigenvalue weighted by atomic mass is 10.0. The molecule has 0 bridgehead atoms. The Bertz CT molecular complexity index is 1410. The molecule has 0 aromatic rings. The molecule has 3 aliphatic rings. The van der Waals surface area contributed by atoms with E-state index in [4.69, 9.17) is 9.47 Å². The normalized spacial score (nSPS) is 17.9. The summed E-state index contributed by atoms with van der Waals surface area (Å²) < 4.78 is 10.7. The topological polar surface area (TPSA) is 54.1 Å². The third-order valence-electron chi connectivity index (χ3n) is 14.9. The summed E-state index contributed by atoms with van der Waals surface area (Å²) in [7, 11) is 27.2. The highest BCUT2D eigenvalue weighted by Gasteiger charge is 2.24. The van der Waals surface area contributed by atoms with E-state index in [0.29, 0.717) is 36.6 Å². The number of piperazine rings is 1. The first kappa shape index (κ1) is 83.1. The molecule has 0 aromatic heterocycles. The third kappa shape index (κ3) is 49.2. The molecule has 3 rings (SSSR count). The standard InChI is InChI=1S/2C10H22N2.C10H24N2.C10H19N.C9H21NO2.C8H18N2.C8H15N/c2*1-9(2)12(4)8-10-6-5-7-11(10)3;1-6-12(7-2)9-8-11(5)10(3)4;1-9(2)7-8-10(3,4)11(5)6;1-8(2)12-9(7-11-5)6-10(3)4;1-8(2)10-6-4-9(3)5-7-10;1-8(2)6-5-7-9(3)4/h2*9-10H,5-8H2,1-4H3;10H,6-9H2,1-5H3;9H,1-6H3;8-9H,6-7H2,1-5H3;8H,4-7H2,1-3H3;8H,7H2,1-4H3/t2*10-;;;;;/m10...../s1. The second-order valence-electron chi connectivity index (χ2n) is 25.8. The highest BCUT2D eigenvalue weighted by atomic mass is 16.5. The van der Waals surface area contributed by atoms with E-state index in [0.717, 1.165) is 31.2 Å². The maximum atomic E-state index is 5.63. The van der Waals surface area contributed by atoms with Crippen LogP contribution < -0.4 is 0 Å². The summed E-state index contributed by atoms with van der Waals surface area (Å²) in [6.07, 6.45) is 5.98. The SMILES string of the molecule is CC(C)C#CC(C)(C)N(C)C.CC(C)C#CCN(C)C.CC(C)N(C)C[C@@H]1CCCN1C.CC(C)N(C)C[C@H]1CCCN1C.CC(C)N1CCN(C)CC1.CCN(CC)CCN(C)C(C)C.COCC(CN(C)C)OC(C)C. The van der Waals surface area contributed by atoms with Crippen molar-refractivity contribution in [2.45, 2.75) is 204 Å². The number of hydrogen-bond donors (Lipinski definition) is 0. The Morgan fingerprint density at radius 1 is 0.564 bits per heavy atom. The second-order valence-corrected chi connectivity index (χ2v) is 25.8. The summed E-state index contributed by atoms with van der Waals surface area (Å²) in [6.45, 7) is 56.4. The average Bonchev–Trinajstić information content (AvgIpc) is 3.94. The van der Waals surface area contributed by atoms with Crippen molar-refractivity contribution in [2.24, 2.45) is 11.8 Å². The molecule has 3 aliphatic heterocycles. The Labute approximate surface area is 491 Å². The molecule has 3 heterocycles. The van der Waals surface area contributed by atoms with Gasteiger partial charge < -0.3 is 48.7 Å². The van der Waals surface area contributed by atoms with Gasteiger partial charge in [0, 0.05) is 114 Å². The van der Waals surface area contributed by atoms with Crippen molar-refractivity contribution in [2.75, 3.05) is 190 Å². The molecular weight excluding hydrogens is 967 g/mol. The van der Waals surface area contributed by atoms with Crippen LogP contribution >= 0.6 is 0 Å². The smallest absolute Gasteiger partial charge is 0.0938 e. The quantitative estimate of drug-likeness (QED) is 0.103. The van der Waals surface area contributed by atoms with E-state index in [9.17, 15) is 0 Å². The van der Waals surface area contributed by atoms with Crippen LogP contribution in [0.4, 0.5) is 0 Å². The summed E-state index contributed by atoms with van der Waals surface area (Å²) in [5.41, 5.74) is 0.00424. The minimum Gasteiger partial charge on any atom is -0.382 e. The molecule has 3 fully saturated rings. The van der Waals surface area contributed by atoms with Gasteiger partial charge in [0.1, 0.15) is 0 Å². The zero-order chi connectivity index (χ0) is 61.3. The zero-order valence-corrected chi connectivity index (χ0v) is 58.4. The van der Waals surface area contributed by atoms with Gasteiger partial charge in [0.25, 0.3) is 0 Å². The van der Waals surface area contributed by atoms with Gasteiger partial charge >= 0.3 is 0 Å². The van der Waals surface area contributed by atoms with E-state index in [1.165, 1.54) is 104 Å². The van der Waals surface area contributed by atoms with Gasteiger partial charge in [0.05, 0.1) is 30.9 Å². The minimum atomic E-state index is 0.00424. The van der Waals surface area contributed by atoms with Crippen molar-refractivity contribution in [1.82, 2.24) is 53.9 Å². The fourth-order valence-electron chi connectivity index (χ4n) is 7.90. The fourth-order valence-corrected chi connectivity index (χ4v) is 7.90. The monoisotopic (exact) mass is 1110 g/mol. The molecule has 0 saturated carbocycles. The predicted molar refractivity (Wildman–Crippen MR) is 349 cm³/mol. The van der Waals surface area contributed by atoms with Crippen molar-refractivity contribution >= 4 is 0 Å². The maximum absolute atomic E-state index is 5.63. The van der Waals surface area contributed by atoms with Gasteiger partial charge in [-0.3, -0.25) is 14.7 Å². The van der Waals surface area contributed by atoms with E-state index in [1.54, 1.807) is 7.11 Å². The molecule has 0 amide bonds. The van der Waals surface area contributed by atoms with E-state index < -0.39 is 0 Å². The molecule has 13 nitrogen and oxygen atoms in total. The summed E-state index contributed by atoms with van der Waals surface area (Å²) in [4.78, 5) is 25.9. The van der Waals surface area contributed by atoms with Gasteiger partial charge in [-0.15, -0.1) is 0 Å². The Hall–Kier alpha value is -1.40. The lowest BCUT2D eigenvalue weighted by Crippen LogP contribution is -2.47. The third-order valence-corrected chi connectivity index (χ3v) is 14.9. The summed E-state index contributed by atoms with van der Waals surface area (Å²) in [5, 5.41) is 0. The van der Waals surface area contributed by atoms with Crippen LogP contribution in [0.1, 0.15) is 150 Å². The number of rotatable bonds is 21. The fraction of sp³-hybridized carbons (Fsp3) is 0.938. The van der Waals surface area contributed by atoms with Gasteiger partial charge in [0.15, 0.2) is 0 Å². The van der Waals surface area contributed by atoms with Crippen LogP contribution in [0.3, 0.4) is 0 Å². The molecule has 1 unspecified atom stereocenters. The molecule has 0 spiro atoms. The van der Waals surface area contributed by atoms with Crippen molar-refractivity contribution in [1.29, 1.82) is 0 Å². The summed E-state index contributed by atoms with van der Waals surface area (Å²) in [5.74, 6) is 13.5. The average molecular weight is 1110 g/mol. The van der Waals surface area contributed by atoms with Crippen LogP contribution in [0.2, 0.25) is 0 Å². The lowest BCUT2D eigenvalue weighted by molar-refractivity contribution is -0.0435. The Morgan fingerprint density at radius 3 is 1.29 bits per heavy atom. The number of nitrogens with zero attached hydrogens (tertiary/aromatic N) is 11. The minimum absolute atomic E-state index is 0.00424. The van der Waals surface area contributed by atoms with Crippen LogP contribution in [-0.4, -0.2) is 298 Å². The van der Waals surface area contributed by atoms with Crippen molar-refractivity contribution in [3.63, 3.8) is 0 Å². The number of likely N-dealkylation sites (tertiary alicyclic amines) is 2. The van der Waals surface area contributed by atoms with Crippen LogP contribution in [0, 0.1) is 35.5 Å². The number of methoxy groups -OCH3 is 1. The first-order chi connectivity index (χ1) is 36.1. The Kier molecular flexibility index (Phi) is 52.2. The first-order valence-electron chi connectivity index (χ1n) is 30.9. The van der Waals surface area contributed by atoms with E-state index in [2.05, 4.69) is 245 Å². The van der Waals surface area contributed by atoms with Crippen LogP contribution in [0.15, 0.2) is 0 Å². The molecule has 78 heavy (non-hydrogen) atoms. The van der Waals surface area contributed by atoms with Crippen LogP contribution in [-0.2, 0) is 9.47 Å². The van der Waals surface area contributed by atoms with Gasteiger partial charge in [-0.2, -0.15) is 0 Å². The highest BCUT2D eigenvalue weighted by molar-refractivity contribution is 5.15. The Balaban J connectivity index is -0.000000410. The van der Waals surface area contributed by atoms with Gasteiger partial charge in [-0.1, -0.05) is 65.2 Å². The van der Waals surface area contributed by atoms with Crippen molar-refractivity contribution < 1.29 is 9.47 Å². The van der Waals surface area contributed by atoms with Crippen LogP contribution in [0.5, 0.6) is 0 Å². The van der Waals surface area contributed by atoms with Gasteiger partial charge in [-0.25, -0.2) is 0 Å². The molecule has 0 aliphatic carbocycles. The molecule has 468 valence electrons. The molecule has 0 radical (unpaired) electrons. The zero-order valence-electron chi connectivity index (χ0n) is 58.4. The van der Waals surface area contributed by atoms with Gasteiger partial charge in [-0.05, 0) is 220 Å². The summed E-state index contributed by atoms with van der Waals surface area (Å²) >= 11 is 0. The molecule has 13 heteroatoms. The number of likely N-dealkylation sites (N-methyl/N-ethyl adjacent to an activating group) is 8. The summed E-state index contributed by atoms with van der Waals surface area (Å²) in [6, 6.07) is 4.36. The Morgan fingerprint density at radius 2 is 1.00 bits per heavy atom. The second kappa shape index (κ2) is 49.1. The van der Waals surface area contributed by atoms with E-state index >= 15 is 0 Å². The van der Waals surface area contributed by atoms with Crippen molar-refractivity contribution in [3.8, 4) is 23.7 Å². The molecule has 3 saturated heterocycles.